The van der Waals surface area contributed by atoms with Crippen molar-refractivity contribution in [3.05, 3.63) is 32.8 Å². The van der Waals surface area contributed by atoms with Crippen molar-refractivity contribution < 1.29 is 9.90 Å². The van der Waals surface area contributed by atoms with E-state index in [-0.39, 0.29) is 18.4 Å². The summed E-state index contributed by atoms with van der Waals surface area (Å²) in [5, 5.41) is 11.8. The molecule has 1 aromatic rings. The number of aromatic nitrogens is 2. The molecule has 2 atom stereocenters. The highest BCUT2D eigenvalue weighted by Gasteiger charge is 2.29. The second-order valence-corrected chi connectivity index (χ2v) is 4.86. The lowest BCUT2D eigenvalue weighted by atomic mass is 10.0. The van der Waals surface area contributed by atoms with Crippen molar-refractivity contribution in [1.29, 1.82) is 0 Å². The number of rotatable bonds is 3. The third kappa shape index (κ3) is 3.11. The van der Waals surface area contributed by atoms with Gasteiger partial charge in [-0.1, -0.05) is 0 Å². The molecule has 1 aromatic heterocycles. The largest absolute Gasteiger partial charge is 0.393 e. The second-order valence-electron chi connectivity index (χ2n) is 4.86. The quantitative estimate of drug-likeness (QED) is 0.716. The van der Waals surface area contributed by atoms with Gasteiger partial charge in [-0.25, -0.2) is 4.68 Å². The molecular weight excluding hydrogens is 250 g/mol. The fraction of sp³-hybridized carbons (Fsp3) is 0.583. The number of H-pyrrole nitrogens is 1. The van der Waals surface area contributed by atoms with Gasteiger partial charge in [0.15, 0.2) is 0 Å². The summed E-state index contributed by atoms with van der Waals surface area (Å²) in [6.45, 7) is 2.59. The van der Waals surface area contributed by atoms with Crippen LogP contribution in [0.25, 0.3) is 0 Å². The summed E-state index contributed by atoms with van der Waals surface area (Å²) < 4.78 is 1.00. The molecule has 7 heteroatoms. The van der Waals surface area contributed by atoms with Crippen LogP contribution >= 0.6 is 0 Å². The van der Waals surface area contributed by atoms with Crippen LogP contribution in [0.15, 0.2) is 21.7 Å². The maximum Gasteiger partial charge on any atom is 0.265 e. The first kappa shape index (κ1) is 13.5. The van der Waals surface area contributed by atoms with Crippen LogP contribution in [0, 0.1) is 5.92 Å². The Bertz CT molecular complexity index is 575. The van der Waals surface area contributed by atoms with Gasteiger partial charge in [0.2, 0.25) is 5.91 Å². The van der Waals surface area contributed by atoms with E-state index in [1.54, 1.807) is 11.8 Å². The molecule has 0 radical (unpaired) electrons. The van der Waals surface area contributed by atoms with Crippen molar-refractivity contribution in [2.75, 3.05) is 13.1 Å². The molecule has 0 aliphatic carbocycles. The van der Waals surface area contributed by atoms with E-state index >= 15 is 0 Å². The van der Waals surface area contributed by atoms with E-state index < -0.39 is 17.2 Å². The molecule has 0 spiro atoms. The van der Waals surface area contributed by atoms with Crippen molar-refractivity contribution in [2.45, 2.75) is 26.0 Å². The predicted molar refractivity (Wildman–Crippen MR) is 67.7 cm³/mol. The summed E-state index contributed by atoms with van der Waals surface area (Å²) in [6.07, 6.45) is 0.306. The molecule has 0 saturated carbocycles. The highest BCUT2D eigenvalue weighted by molar-refractivity contribution is 5.76. The lowest BCUT2D eigenvalue weighted by Crippen LogP contribution is -2.38. The molecule has 1 amide bonds. The van der Waals surface area contributed by atoms with Crippen LogP contribution in [-0.4, -0.2) is 44.9 Å². The van der Waals surface area contributed by atoms with E-state index in [9.17, 15) is 19.5 Å². The number of nitrogens with zero attached hydrogens (tertiary/aromatic N) is 2. The molecule has 2 N–H and O–H groups in total. The van der Waals surface area contributed by atoms with Crippen LogP contribution < -0.4 is 11.1 Å². The number of carbonyl (C=O) groups is 1. The van der Waals surface area contributed by atoms with E-state index in [1.165, 1.54) is 0 Å². The monoisotopic (exact) mass is 267 g/mol. The minimum Gasteiger partial charge on any atom is -0.393 e. The molecule has 0 bridgehead atoms. The molecule has 19 heavy (non-hydrogen) atoms. The lowest BCUT2D eigenvalue weighted by molar-refractivity contribution is -0.131. The average molecular weight is 267 g/mol. The SMILES string of the molecule is CC(O)C1CCN(C(=O)Cn2[nH]c(=O)ccc2=O)C1. The Labute approximate surface area is 109 Å². The highest BCUT2D eigenvalue weighted by atomic mass is 16.3. The fourth-order valence-electron chi connectivity index (χ4n) is 2.22. The number of aliphatic hydroxyl groups excluding tert-OH is 1. The van der Waals surface area contributed by atoms with Gasteiger partial charge in [-0.05, 0) is 13.3 Å². The molecule has 1 aliphatic heterocycles. The van der Waals surface area contributed by atoms with Gasteiger partial charge in [-0.15, -0.1) is 0 Å². The molecule has 1 saturated heterocycles. The zero-order valence-corrected chi connectivity index (χ0v) is 10.7. The summed E-state index contributed by atoms with van der Waals surface area (Å²) >= 11 is 0. The van der Waals surface area contributed by atoms with Crippen LogP contribution in [-0.2, 0) is 11.3 Å². The maximum atomic E-state index is 12.0. The number of amides is 1. The third-order valence-electron chi connectivity index (χ3n) is 3.44. The first-order valence-corrected chi connectivity index (χ1v) is 6.23. The van der Waals surface area contributed by atoms with Crippen molar-refractivity contribution in [2.24, 2.45) is 5.92 Å². The summed E-state index contributed by atoms with van der Waals surface area (Å²) in [5.74, 6) is -0.150. The van der Waals surface area contributed by atoms with Gasteiger partial charge in [0.1, 0.15) is 6.54 Å². The predicted octanol–water partition coefficient (Wildman–Crippen LogP) is -1.23. The van der Waals surface area contributed by atoms with Crippen LogP contribution in [0.4, 0.5) is 0 Å². The molecule has 0 aromatic carbocycles. The number of hydrogen-bond donors (Lipinski definition) is 2. The summed E-state index contributed by atoms with van der Waals surface area (Å²) in [5.41, 5.74) is -0.838. The molecule has 2 rings (SSSR count). The Morgan fingerprint density at radius 1 is 1.53 bits per heavy atom. The second kappa shape index (κ2) is 5.40. The van der Waals surface area contributed by atoms with Crippen LogP contribution in [0.2, 0.25) is 0 Å². The molecule has 2 heterocycles. The summed E-state index contributed by atoms with van der Waals surface area (Å²) in [6, 6.07) is 2.26. The molecule has 1 aliphatic rings. The van der Waals surface area contributed by atoms with E-state index in [0.717, 1.165) is 23.2 Å². The number of aliphatic hydroxyl groups is 1. The summed E-state index contributed by atoms with van der Waals surface area (Å²) in [4.78, 5) is 36.2. The van der Waals surface area contributed by atoms with E-state index in [1.807, 2.05) is 0 Å². The minimum atomic E-state index is -0.447. The molecule has 104 valence electrons. The van der Waals surface area contributed by atoms with Crippen molar-refractivity contribution in [3.63, 3.8) is 0 Å². The van der Waals surface area contributed by atoms with Crippen LogP contribution in [0.1, 0.15) is 13.3 Å². The van der Waals surface area contributed by atoms with E-state index in [0.29, 0.717) is 13.1 Å². The lowest BCUT2D eigenvalue weighted by Gasteiger charge is -2.18. The van der Waals surface area contributed by atoms with Gasteiger partial charge in [-0.3, -0.25) is 19.5 Å². The van der Waals surface area contributed by atoms with Crippen LogP contribution in [0.5, 0.6) is 0 Å². The Morgan fingerprint density at radius 2 is 2.26 bits per heavy atom. The van der Waals surface area contributed by atoms with Gasteiger partial charge >= 0.3 is 0 Å². The fourth-order valence-corrected chi connectivity index (χ4v) is 2.22. The minimum absolute atomic E-state index is 0.0792. The molecule has 7 nitrogen and oxygen atoms in total. The average Bonchev–Trinajstić information content (AvgIpc) is 2.83. The van der Waals surface area contributed by atoms with Gasteiger partial charge in [-0.2, -0.15) is 0 Å². The zero-order valence-electron chi connectivity index (χ0n) is 10.7. The Kier molecular flexibility index (Phi) is 3.84. The van der Waals surface area contributed by atoms with E-state index in [2.05, 4.69) is 5.10 Å². The van der Waals surface area contributed by atoms with Gasteiger partial charge in [0.25, 0.3) is 11.1 Å². The Morgan fingerprint density at radius 3 is 2.89 bits per heavy atom. The van der Waals surface area contributed by atoms with Crippen molar-refractivity contribution >= 4 is 5.91 Å². The molecule has 1 fully saturated rings. The number of nitrogens with one attached hydrogen (secondary N) is 1. The topological polar surface area (TPSA) is 95.4 Å². The van der Waals surface area contributed by atoms with Gasteiger partial charge < -0.3 is 10.0 Å². The highest BCUT2D eigenvalue weighted by Crippen LogP contribution is 2.19. The Balaban J connectivity index is 2.04. The Hall–Kier alpha value is -1.89. The van der Waals surface area contributed by atoms with Gasteiger partial charge in [0.05, 0.1) is 6.10 Å². The number of likely N-dealkylation sites (tertiary alicyclic amines) is 1. The molecular formula is C12H17N3O4. The normalized spacial score (nSPS) is 20.5. The maximum absolute atomic E-state index is 12.0. The number of aromatic amines is 1. The van der Waals surface area contributed by atoms with E-state index in [4.69, 9.17) is 0 Å². The first-order chi connectivity index (χ1) is 8.97. The van der Waals surface area contributed by atoms with Crippen molar-refractivity contribution in [1.82, 2.24) is 14.7 Å². The zero-order chi connectivity index (χ0) is 14.0. The van der Waals surface area contributed by atoms with Gasteiger partial charge in [0, 0.05) is 31.1 Å². The third-order valence-corrected chi connectivity index (χ3v) is 3.44. The molecule has 2 unspecified atom stereocenters. The number of hydrogen-bond acceptors (Lipinski definition) is 4. The standard InChI is InChI=1S/C12H17N3O4/c1-8(16)9-4-5-14(6-9)12(19)7-15-11(18)3-2-10(17)13-15/h2-3,8-9,16H,4-7H2,1H3,(H,13,17). The van der Waals surface area contributed by atoms with Crippen molar-refractivity contribution in [3.8, 4) is 0 Å². The summed E-state index contributed by atoms with van der Waals surface area (Å²) in [7, 11) is 0. The number of carbonyl (C=O) groups excluding carboxylic acids is 1. The first-order valence-electron chi connectivity index (χ1n) is 6.23. The smallest absolute Gasteiger partial charge is 0.265 e. The van der Waals surface area contributed by atoms with Crippen LogP contribution in [0.3, 0.4) is 0 Å².